The fraction of sp³-hybridized carbons (Fsp3) is 0.381. The minimum atomic E-state index is -0.533. The molecule has 1 N–H and O–H groups in total. The highest BCUT2D eigenvalue weighted by Gasteiger charge is 2.31. The number of piperazine rings is 1. The number of benzene rings is 1. The number of oxazole rings is 1. The Hall–Kier alpha value is -3.00. The molecule has 2 aliphatic heterocycles. The normalized spacial score (nSPS) is 19.5. The number of aryl methyl sites for hydroxylation is 1. The van der Waals surface area contributed by atoms with Crippen LogP contribution in [0.4, 0.5) is 15.9 Å². The van der Waals surface area contributed by atoms with Gasteiger partial charge >= 0.3 is 0 Å². The first-order valence-corrected chi connectivity index (χ1v) is 9.90. The van der Waals surface area contributed by atoms with Crippen molar-refractivity contribution in [1.82, 2.24) is 14.9 Å². The average molecular weight is 395 g/mol. The highest BCUT2D eigenvalue weighted by Crippen LogP contribution is 2.26. The molecule has 3 aromatic rings. The molecule has 2 aromatic heterocycles. The molecule has 0 spiro atoms. The van der Waals surface area contributed by atoms with Crippen molar-refractivity contribution in [2.24, 2.45) is 0 Å². The number of fused-ring (bicyclic) bond motifs is 2. The second-order valence-electron chi connectivity index (χ2n) is 7.67. The summed E-state index contributed by atoms with van der Waals surface area (Å²) in [4.78, 5) is 25.9. The number of halogens is 1. The number of nitrogens with one attached hydrogen (secondary N) is 1. The zero-order chi connectivity index (χ0) is 20.0. The highest BCUT2D eigenvalue weighted by molar-refractivity contribution is 6.04. The van der Waals surface area contributed by atoms with Crippen molar-refractivity contribution in [3.63, 3.8) is 0 Å². The van der Waals surface area contributed by atoms with E-state index in [2.05, 4.69) is 25.1 Å². The number of nitrogens with zero attached hydrogens (tertiary/aromatic N) is 4. The first-order valence-electron chi connectivity index (χ1n) is 9.90. The van der Waals surface area contributed by atoms with Crippen molar-refractivity contribution >= 4 is 28.5 Å². The van der Waals surface area contributed by atoms with Crippen molar-refractivity contribution in [3.05, 3.63) is 47.7 Å². The smallest absolute Gasteiger partial charge is 0.257 e. The molecular formula is C21H22FN5O2. The van der Waals surface area contributed by atoms with E-state index in [1.807, 2.05) is 6.07 Å². The van der Waals surface area contributed by atoms with Gasteiger partial charge in [0.05, 0.1) is 5.56 Å². The third-order valence-corrected chi connectivity index (χ3v) is 5.73. The van der Waals surface area contributed by atoms with E-state index < -0.39 is 5.82 Å². The first kappa shape index (κ1) is 18.1. The monoisotopic (exact) mass is 395 g/mol. The van der Waals surface area contributed by atoms with Crippen LogP contribution in [0, 0.1) is 12.7 Å². The van der Waals surface area contributed by atoms with Gasteiger partial charge in [0.25, 0.3) is 5.91 Å². The van der Waals surface area contributed by atoms with Crippen LogP contribution in [0.3, 0.4) is 0 Å². The fourth-order valence-corrected chi connectivity index (χ4v) is 4.28. The van der Waals surface area contributed by atoms with E-state index >= 15 is 0 Å². The number of hydrogen-bond donors (Lipinski definition) is 1. The van der Waals surface area contributed by atoms with E-state index in [0.29, 0.717) is 28.8 Å². The number of hydrogen-bond acceptors (Lipinski definition) is 6. The third kappa shape index (κ3) is 3.44. The van der Waals surface area contributed by atoms with Crippen molar-refractivity contribution in [2.75, 3.05) is 36.4 Å². The molecule has 2 aliphatic rings. The molecule has 2 saturated heterocycles. The Morgan fingerprint density at radius 2 is 2.17 bits per heavy atom. The lowest BCUT2D eigenvalue weighted by molar-refractivity contribution is 0.102. The van der Waals surface area contributed by atoms with Crippen molar-refractivity contribution in [1.29, 1.82) is 0 Å². The summed E-state index contributed by atoms with van der Waals surface area (Å²) in [5, 5.41) is 2.70. The van der Waals surface area contributed by atoms with Gasteiger partial charge in [0.15, 0.2) is 17.3 Å². The maximum atomic E-state index is 14.2. The lowest BCUT2D eigenvalue weighted by atomic mass is 10.1. The molecule has 0 aliphatic carbocycles. The standard InChI is InChI=1S/C21H22FN5O2/c1-13-24-20-17(22)9-15(10-18(20)29-13)25-21(28)14-4-5-19(23-11-14)27-8-7-26-6-2-3-16(26)12-27/h4-5,9-11,16H,2-3,6-8,12H2,1H3,(H,25,28). The quantitative estimate of drug-likeness (QED) is 0.734. The van der Waals surface area contributed by atoms with Gasteiger partial charge < -0.3 is 14.6 Å². The van der Waals surface area contributed by atoms with E-state index in [4.69, 9.17) is 4.42 Å². The molecule has 1 atom stereocenters. The van der Waals surface area contributed by atoms with Gasteiger partial charge in [-0.25, -0.2) is 14.4 Å². The number of anilines is 2. The van der Waals surface area contributed by atoms with Crippen LogP contribution in [-0.2, 0) is 0 Å². The van der Waals surface area contributed by atoms with Crippen LogP contribution in [0.2, 0.25) is 0 Å². The fourth-order valence-electron chi connectivity index (χ4n) is 4.28. The number of pyridine rings is 1. The van der Waals surface area contributed by atoms with Gasteiger partial charge in [0.1, 0.15) is 11.3 Å². The Morgan fingerprint density at radius 1 is 1.28 bits per heavy atom. The lowest BCUT2D eigenvalue weighted by Gasteiger charge is -2.38. The van der Waals surface area contributed by atoms with Gasteiger partial charge in [-0.05, 0) is 37.6 Å². The lowest BCUT2D eigenvalue weighted by Crippen LogP contribution is -2.50. The minimum Gasteiger partial charge on any atom is -0.441 e. The van der Waals surface area contributed by atoms with Gasteiger partial charge in [-0.1, -0.05) is 0 Å². The molecule has 5 rings (SSSR count). The number of carbonyl (C=O) groups is 1. The predicted octanol–water partition coefficient (Wildman–Crippen LogP) is 3.21. The summed E-state index contributed by atoms with van der Waals surface area (Å²) < 4.78 is 19.5. The summed E-state index contributed by atoms with van der Waals surface area (Å²) in [5.41, 5.74) is 1.20. The zero-order valence-electron chi connectivity index (χ0n) is 16.2. The van der Waals surface area contributed by atoms with Crippen LogP contribution in [0.5, 0.6) is 0 Å². The Bertz CT molecular complexity index is 1060. The first-order chi connectivity index (χ1) is 14.1. The Morgan fingerprint density at radius 3 is 3.00 bits per heavy atom. The number of rotatable bonds is 3. The van der Waals surface area contributed by atoms with Crippen molar-refractivity contribution in [2.45, 2.75) is 25.8 Å². The maximum Gasteiger partial charge on any atom is 0.257 e. The largest absolute Gasteiger partial charge is 0.441 e. The van der Waals surface area contributed by atoms with Crippen LogP contribution in [0.1, 0.15) is 29.1 Å². The van der Waals surface area contributed by atoms with Crippen LogP contribution in [0.25, 0.3) is 11.1 Å². The molecule has 1 amide bonds. The summed E-state index contributed by atoms with van der Waals surface area (Å²) in [5.74, 6) is 0.382. The summed E-state index contributed by atoms with van der Waals surface area (Å²) in [7, 11) is 0. The average Bonchev–Trinajstić information content (AvgIpc) is 3.33. The number of amides is 1. The van der Waals surface area contributed by atoms with Gasteiger partial charge in [-0.2, -0.15) is 0 Å². The summed E-state index contributed by atoms with van der Waals surface area (Å²) in [6.07, 6.45) is 4.08. The summed E-state index contributed by atoms with van der Waals surface area (Å²) >= 11 is 0. The van der Waals surface area contributed by atoms with E-state index in [0.717, 1.165) is 25.5 Å². The van der Waals surface area contributed by atoms with Crippen LogP contribution < -0.4 is 10.2 Å². The molecule has 8 heteroatoms. The van der Waals surface area contributed by atoms with Gasteiger partial charge in [-0.15, -0.1) is 0 Å². The Kier molecular flexibility index (Phi) is 4.43. The van der Waals surface area contributed by atoms with E-state index in [9.17, 15) is 9.18 Å². The maximum absolute atomic E-state index is 14.2. The zero-order valence-corrected chi connectivity index (χ0v) is 16.2. The van der Waals surface area contributed by atoms with E-state index in [-0.39, 0.29) is 11.4 Å². The third-order valence-electron chi connectivity index (χ3n) is 5.73. The molecule has 2 fully saturated rings. The van der Waals surface area contributed by atoms with Crippen molar-refractivity contribution < 1.29 is 13.6 Å². The molecule has 0 radical (unpaired) electrons. The SMILES string of the molecule is Cc1nc2c(F)cc(NC(=O)c3ccc(N4CCN5CCCC5C4)nc3)cc2o1. The van der Waals surface area contributed by atoms with Crippen LogP contribution in [-0.4, -0.2) is 53.0 Å². The van der Waals surface area contributed by atoms with Crippen molar-refractivity contribution in [3.8, 4) is 0 Å². The molecule has 0 bridgehead atoms. The van der Waals surface area contributed by atoms with E-state index in [1.165, 1.54) is 25.5 Å². The van der Waals surface area contributed by atoms with Gasteiger partial charge in [0.2, 0.25) is 0 Å². The second kappa shape index (κ2) is 7.11. The second-order valence-corrected chi connectivity index (χ2v) is 7.67. The molecule has 1 aromatic carbocycles. The molecular weight excluding hydrogens is 373 g/mol. The number of aromatic nitrogens is 2. The summed E-state index contributed by atoms with van der Waals surface area (Å²) in [6.45, 7) is 5.84. The molecule has 0 saturated carbocycles. The topological polar surface area (TPSA) is 74.5 Å². The number of carbonyl (C=O) groups excluding carboxylic acids is 1. The van der Waals surface area contributed by atoms with Crippen LogP contribution >= 0.6 is 0 Å². The minimum absolute atomic E-state index is 0.161. The highest BCUT2D eigenvalue weighted by atomic mass is 19.1. The van der Waals surface area contributed by atoms with Gasteiger partial charge in [-0.3, -0.25) is 9.69 Å². The van der Waals surface area contributed by atoms with Gasteiger partial charge in [0, 0.05) is 50.6 Å². The summed E-state index contributed by atoms with van der Waals surface area (Å²) in [6, 6.07) is 7.05. The molecule has 150 valence electrons. The Balaban J connectivity index is 1.29. The molecule has 7 nitrogen and oxygen atoms in total. The molecule has 29 heavy (non-hydrogen) atoms. The Labute approximate surface area is 167 Å². The van der Waals surface area contributed by atoms with E-state index in [1.54, 1.807) is 25.3 Å². The molecule has 4 heterocycles. The molecule has 1 unspecified atom stereocenters. The van der Waals surface area contributed by atoms with Crippen LogP contribution in [0.15, 0.2) is 34.9 Å². The predicted molar refractivity (Wildman–Crippen MR) is 108 cm³/mol.